The van der Waals surface area contributed by atoms with Gasteiger partial charge in [-0.15, -0.1) is 0 Å². The molecule has 0 aromatic heterocycles. The summed E-state index contributed by atoms with van der Waals surface area (Å²) in [7, 11) is 0. The first kappa shape index (κ1) is 12.0. The first-order valence-electron chi connectivity index (χ1n) is 6.85. The summed E-state index contributed by atoms with van der Waals surface area (Å²) in [4.78, 5) is 0. The Morgan fingerprint density at radius 3 is 3.22 bits per heavy atom. The third-order valence-electron chi connectivity index (χ3n) is 3.93. The second kappa shape index (κ2) is 4.90. The van der Waals surface area contributed by atoms with Crippen LogP contribution in [0.1, 0.15) is 30.9 Å². The standard InChI is InChI=1S/C15H21NO2/c1-15(7-3-9-18-15)11-17-14-5-2-4-12-10-16-8-6-13(12)14/h2,4-5,16H,3,6-11H2,1H3. The molecule has 1 aromatic carbocycles. The number of benzene rings is 1. The average molecular weight is 247 g/mol. The van der Waals surface area contributed by atoms with Crippen LogP contribution in [0.15, 0.2) is 18.2 Å². The Labute approximate surface area is 108 Å². The average Bonchev–Trinajstić information content (AvgIpc) is 2.84. The Morgan fingerprint density at radius 2 is 2.39 bits per heavy atom. The summed E-state index contributed by atoms with van der Waals surface area (Å²) in [6.45, 7) is 5.69. The SMILES string of the molecule is CC1(COc2cccc3c2CCNC3)CCCO1. The topological polar surface area (TPSA) is 30.5 Å². The molecule has 3 rings (SSSR count). The molecule has 0 aliphatic carbocycles. The molecule has 0 spiro atoms. The highest BCUT2D eigenvalue weighted by Crippen LogP contribution is 2.29. The van der Waals surface area contributed by atoms with Crippen LogP contribution in [0.3, 0.4) is 0 Å². The molecule has 3 nitrogen and oxygen atoms in total. The van der Waals surface area contributed by atoms with Crippen molar-refractivity contribution in [2.45, 2.75) is 38.3 Å². The highest BCUT2D eigenvalue weighted by molar-refractivity contribution is 5.41. The lowest BCUT2D eigenvalue weighted by Gasteiger charge is -2.26. The van der Waals surface area contributed by atoms with E-state index in [-0.39, 0.29) is 5.60 Å². The summed E-state index contributed by atoms with van der Waals surface area (Å²) in [5, 5.41) is 3.39. The maximum absolute atomic E-state index is 6.04. The van der Waals surface area contributed by atoms with E-state index in [9.17, 15) is 0 Å². The van der Waals surface area contributed by atoms with Crippen molar-refractivity contribution in [3.63, 3.8) is 0 Å². The summed E-state index contributed by atoms with van der Waals surface area (Å²) in [6.07, 6.45) is 3.31. The summed E-state index contributed by atoms with van der Waals surface area (Å²) >= 11 is 0. The van der Waals surface area contributed by atoms with E-state index in [0.717, 1.165) is 44.7 Å². The molecule has 3 heteroatoms. The fourth-order valence-corrected chi connectivity index (χ4v) is 2.81. The van der Waals surface area contributed by atoms with Crippen LogP contribution in [0.25, 0.3) is 0 Å². The Bertz CT molecular complexity index is 425. The van der Waals surface area contributed by atoms with Crippen molar-refractivity contribution in [1.29, 1.82) is 0 Å². The van der Waals surface area contributed by atoms with Gasteiger partial charge >= 0.3 is 0 Å². The minimum Gasteiger partial charge on any atom is -0.490 e. The molecule has 1 saturated heterocycles. The molecule has 98 valence electrons. The predicted octanol–water partition coefficient (Wildman–Crippen LogP) is 2.28. The number of hydrogen-bond acceptors (Lipinski definition) is 3. The van der Waals surface area contributed by atoms with Gasteiger partial charge in [0.2, 0.25) is 0 Å². The first-order valence-corrected chi connectivity index (χ1v) is 6.85. The lowest BCUT2D eigenvalue weighted by atomic mass is 10.00. The van der Waals surface area contributed by atoms with Crippen LogP contribution in [0.4, 0.5) is 0 Å². The van der Waals surface area contributed by atoms with Crippen molar-refractivity contribution in [2.75, 3.05) is 19.8 Å². The van der Waals surface area contributed by atoms with E-state index < -0.39 is 0 Å². The number of fused-ring (bicyclic) bond motifs is 1. The first-order chi connectivity index (χ1) is 8.77. The molecular weight excluding hydrogens is 226 g/mol. The van der Waals surface area contributed by atoms with Crippen molar-refractivity contribution in [3.8, 4) is 5.75 Å². The van der Waals surface area contributed by atoms with Crippen LogP contribution < -0.4 is 10.1 Å². The van der Waals surface area contributed by atoms with Gasteiger partial charge < -0.3 is 14.8 Å². The molecular formula is C15H21NO2. The maximum Gasteiger partial charge on any atom is 0.123 e. The zero-order valence-corrected chi connectivity index (χ0v) is 11.0. The van der Waals surface area contributed by atoms with Crippen LogP contribution in [-0.2, 0) is 17.7 Å². The molecule has 1 fully saturated rings. The van der Waals surface area contributed by atoms with Gasteiger partial charge in [0.05, 0.1) is 5.60 Å². The molecule has 1 atom stereocenters. The predicted molar refractivity (Wildman–Crippen MR) is 70.9 cm³/mol. The van der Waals surface area contributed by atoms with Crippen LogP contribution in [0.2, 0.25) is 0 Å². The summed E-state index contributed by atoms with van der Waals surface area (Å²) < 4.78 is 11.8. The van der Waals surface area contributed by atoms with E-state index in [1.54, 1.807) is 0 Å². The monoisotopic (exact) mass is 247 g/mol. The van der Waals surface area contributed by atoms with E-state index in [0.29, 0.717) is 6.61 Å². The van der Waals surface area contributed by atoms with Gasteiger partial charge in [-0.25, -0.2) is 0 Å². The Morgan fingerprint density at radius 1 is 1.44 bits per heavy atom. The van der Waals surface area contributed by atoms with Crippen LogP contribution in [0.5, 0.6) is 5.75 Å². The van der Waals surface area contributed by atoms with E-state index in [2.05, 4.69) is 30.4 Å². The second-order valence-electron chi connectivity index (χ2n) is 5.51. The van der Waals surface area contributed by atoms with Crippen molar-refractivity contribution in [2.24, 2.45) is 0 Å². The van der Waals surface area contributed by atoms with E-state index in [4.69, 9.17) is 9.47 Å². The second-order valence-corrected chi connectivity index (χ2v) is 5.51. The molecule has 1 unspecified atom stereocenters. The van der Waals surface area contributed by atoms with Crippen molar-refractivity contribution >= 4 is 0 Å². The number of nitrogens with one attached hydrogen (secondary N) is 1. The summed E-state index contributed by atoms with van der Waals surface area (Å²) in [5.74, 6) is 1.05. The van der Waals surface area contributed by atoms with Crippen LogP contribution >= 0.6 is 0 Å². The van der Waals surface area contributed by atoms with Crippen LogP contribution in [0, 0.1) is 0 Å². The third-order valence-corrected chi connectivity index (χ3v) is 3.93. The molecule has 18 heavy (non-hydrogen) atoms. The smallest absolute Gasteiger partial charge is 0.123 e. The third kappa shape index (κ3) is 2.38. The van der Waals surface area contributed by atoms with Gasteiger partial charge in [-0.05, 0) is 49.9 Å². The molecule has 0 bridgehead atoms. The molecule has 1 aromatic rings. The zero-order valence-electron chi connectivity index (χ0n) is 11.0. The highest BCUT2D eigenvalue weighted by atomic mass is 16.5. The Balaban J connectivity index is 1.72. The van der Waals surface area contributed by atoms with Gasteiger partial charge in [0.25, 0.3) is 0 Å². The zero-order chi connectivity index (χ0) is 12.4. The van der Waals surface area contributed by atoms with Gasteiger partial charge in [0.15, 0.2) is 0 Å². The molecule has 0 saturated carbocycles. The minimum absolute atomic E-state index is 0.0877. The summed E-state index contributed by atoms with van der Waals surface area (Å²) in [5.41, 5.74) is 2.66. The minimum atomic E-state index is -0.0877. The van der Waals surface area contributed by atoms with Gasteiger partial charge in [-0.1, -0.05) is 12.1 Å². The maximum atomic E-state index is 6.04. The molecule has 0 amide bonds. The van der Waals surface area contributed by atoms with Crippen molar-refractivity contribution in [3.05, 3.63) is 29.3 Å². The van der Waals surface area contributed by atoms with Gasteiger partial charge in [-0.3, -0.25) is 0 Å². The van der Waals surface area contributed by atoms with E-state index in [1.165, 1.54) is 11.1 Å². The molecule has 1 N–H and O–H groups in total. The number of hydrogen-bond donors (Lipinski definition) is 1. The quantitative estimate of drug-likeness (QED) is 0.889. The lowest BCUT2D eigenvalue weighted by molar-refractivity contribution is -0.0161. The van der Waals surface area contributed by atoms with Gasteiger partial charge in [0, 0.05) is 13.2 Å². The molecule has 2 aliphatic rings. The molecule has 2 aliphatic heterocycles. The summed E-state index contributed by atoms with van der Waals surface area (Å²) in [6, 6.07) is 6.35. The fourth-order valence-electron chi connectivity index (χ4n) is 2.81. The fraction of sp³-hybridized carbons (Fsp3) is 0.600. The largest absolute Gasteiger partial charge is 0.490 e. The Kier molecular flexibility index (Phi) is 3.27. The highest BCUT2D eigenvalue weighted by Gasteiger charge is 2.31. The molecule has 0 radical (unpaired) electrons. The van der Waals surface area contributed by atoms with Gasteiger partial charge in [0.1, 0.15) is 12.4 Å². The van der Waals surface area contributed by atoms with Crippen molar-refractivity contribution in [1.82, 2.24) is 5.32 Å². The number of ether oxygens (including phenoxy) is 2. The van der Waals surface area contributed by atoms with Crippen LogP contribution in [-0.4, -0.2) is 25.4 Å². The van der Waals surface area contributed by atoms with Gasteiger partial charge in [-0.2, -0.15) is 0 Å². The van der Waals surface area contributed by atoms with E-state index >= 15 is 0 Å². The molecule has 2 heterocycles. The van der Waals surface area contributed by atoms with Crippen molar-refractivity contribution < 1.29 is 9.47 Å². The van der Waals surface area contributed by atoms with E-state index in [1.807, 2.05) is 0 Å². The normalized spacial score (nSPS) is 26.9. The Hall–Kier alpha value is -1.06. The number of rotatable bonds is 3. The lowest BCUT2D eigenvalue weighted by Crippen LogP contribution is -2.32.